The second kappa shape index (κ2) is 3.68. The molecule has 0 spiro atoms. The average Bonchev–Trinajstić information content (AvgIpc) is 2.12. The first-order valence-electron chi connectivity index (χ1n) is 3.70. The van der Waals surface area contributed by atoms with Crippen LogP contribution in [0.1, 0.15) is 11.6 Å². The lowest BCUT2D eigenvalue weighted by atomic mass is 10.1. The van der Waals surface area contributed by atoms with Gasteiger partial charge >= 0.3 is 0 Å². The maximum Gasteiger partial charge on any atom is 0.165 e. The first-order chi connectivity index (χ1) is 6.07. The van der Waals surface area contributed by atoms with E-state index in [4.69, 9.17) is 16.6 Å². The summed E-state index contributed by atoms with van der Waals surface area (Å²) in [4.78, 5) is 0. The van der Waals surface area contributed by atoms with E-state index < -0.39 is 23.4 Å². The lowest BCUT2D eigenvalue weighted by Crippen LogP contribution is -2.22. The molecule has 5 heteroatoms. The number of halogens is 2. The maximum atomic E-state index is 13.0. The van der Waals surface area contributed by atoms with Crippen LogP contribution in [0.15, 0.2) is 12.1 Å². The minimum Gasteiger partial charge on any atom is -0.505 e. The third-order valence-electron chi connectivity index (χ3n) is 1.74. The van der Waals surface area contributed by atoms with Gasteiger partial charge in [-0.3, -0.25) is 0 Å². The minimum absolute atomic E-state index is 0.0616. The summed E-state index contributed by atoms with van der Waals surface area (Å²) < 4.78 is 25.7. The number of phenols is 1. The third-order valence-corrected chi connectivity index (χ3v) is 1.74. The highest BCUT2D eigenvalue weighted by Crippen LogP contribution is 2.27. The van der Waals surface area contributed by atoms with Gasteiger partial charge in [0, 0.05) is 12.6 Å². The predicted molar refractivity (Wildman–Crippen MR) is 44.0 cm³/mol. The van der Waals surface area contributed by atoms with Gasteiger partial charge in [-0.2, -0.15) is 0 Å². The average molecular weight is 188 g/mol. The van der Waals surface area contributed by atoms with Crippen molar-refractivity contribution in [3.05, 3.63) is 29.3 Å². The molecule has 0 heterocycles. The molecule has 0 saturated carbocycles. The molecule has 0 fully saturated rings. The van der Waals surface area contributed by atoms with Gasteiger partial charge in [0.1, 0.15) is 5.82 Å². The number of rotatable bonds is 2. The Labute approximate surface area is 74.0 Å². The highest BCUT2D eigenvalue weighted by Gasteiger charge is 2.17. The number of aromatic hydroxyl groups is 1. The number of nitrogens with two attached hydrogens (primary N) is 2. The molecule has 1 rings (SSSR count). The molecule has 1 aromatic carbocycles. The predicted octanol–water partition coefficient (Wildman–Crippen LogP) is 0.629. The van der Waals surface area contributed by atoms with Gasteiger partial charge in [0.2, 0.25) is 0 Å². The van der Waals surface area contributed by atoms with Crippen molar-refractivity contribution in [2.75, 3.05) is 6.54 Å². The van der Waals surface area contributed by atoms with E-state index in [1.165, 1.54) is 0 Å². The van der Waals surface area contributed by atoms with Gasteiger partial charge in [0.25, 0.3) is 0 Å². The highest BCUT2D eigenvalue weighted by molar-refractivity contribution is 5.37. The molecule has 0 bridgehead atoms. The molecule has 0 amide bonds. The summed E-state index contributed by atoms with van der Waals surface area (Å²) in [7, 11) is 0. The van der Waals surface area contributed by atoms with Crippen molar-refractivity contribution in [3.63, 3.8) is 0 Å². The lowest BCUT2D eigenvalue weighted by molar-refractivity contribution is 0.411. The van der Waals surface area contributed by atoms with Crippen LogP contribution >= 0.6 is 0 Å². The van der Waals surface area contributed by atoms with Crippen LogP contribution in [-0.4, -0.2) is 11.7 Å². The highest BCUT2D eigenvalue weighted by atomic mass is 19.1. The molecule has 0 aliphatic rings. The Hall–Kier alpha value is -1.20. The van der Waals surface area contributed by atoms with Crippen molar-refractivity contribution < 1.29 is 13.9 Å². The number of hydrogen-bond donors (Lipinski definition) is 3. The van der Waals surface area contributed by atoms with Crippen molar-refractivity contribution in [3.8, 4) is 5.75 Å². The first-order valence-corrected chi connectivity index (χ1v) is 3.70. The van der Waals surface area contributed by atoms with E-state index in [2.05, 4.69) is 0 Å². The fraction of sp³-hybridized carbons (Fsp3) is 0.250. The summed E-state index contributed by atoms with van der Waals surface area (Å²) in [5.74, 6) is -2.42. The van der Waals surface area contributed by atoms with Crippen molar-refractivity contribution in [2.45, 2.75) is 6.04 Å². The topological polar surface area (TPSA) is 72.3 Å². The van der Waals surface area contributed by atoms with Crippen LogP contribution in [0.4, 0.5) is 8.78 Å². The fourth-order valence-electron chi connectivity index (χ4n) is 1.03. The number of phenolic OH excluding ortho intramolecular Hbond substituents is 1. The van der Waals surface area contributed by atoms with Crippen molar-refractivity contribution in [1.29, 1.82) is 0 Å². The summed E-state index contributed by atoms with van der Waals surface area (Å²) in [5.41, 5.74) is 10.3. The zero-order valence-corrected chi connectivity index (χ0v) is 6.80. The van der Waals surface area contributed by atoms with Crippen LogP contribution in [0.25, 0.3) is 0 Å². The Morgan fingerprint density at radius 1 is 1.31 bits per heavy atom. The summed E-state index contributed by atoms with van der Waals surface area (Å²) in [6.45, 7) is -0.0616. The molecule has 5 N–H and O–H groups in total. The van der Waals surface area contributed by atoms with Crippen LogP contribution in [0.2, 0.25) is 0 Å². The van der Waals surface area contributed by atoms with E-state index in [1.807, 2.05) is 0 Å². The molecule has 0 aliphatic heterocycles. The maximum absolute atomic E-state index is 13.0. The summed E-state index contributed by atoms with van der Waals surface area (Å²) in [6, 6.07) is 0.841. The van der Waals surface area contributed by atoms with Gasteiger partial charge in [0.05, 0.1) is 5.56 Å². The van der Waals surface area contributed by atoms with Crippen molar-refractivity contribution in [1.82, 2.24) is 0 Å². The second-order valence-electron chi connectivity index (χ2n) is 2.63. The molecule has 0 aromatic heterocycles. The molecule has 0 saturated heterocycles. The van der Waals surface area contributed by atoms with Gasteiger partial charge in [-0.25, -0.2) is 8.78 Å². The van der Waals surface area contributed by atoms with E-state index in [0.29, 0.717) is 0 Å². The van der Waals surface area contributed by atoms with Gasteiger partial charge in [0.15, 0.2) is 11.6 Å². The SMILES string of the molecule is NC[C@@H](N)c1c(F)ccc(F)c1O. The summed E-state index contributed by atoms with van der Waals surface area (Å²) in [5, 5.41) is 9.13. The molecule has 13 heavy (non-hydrogen) atoms. The zero-order valence-electron chi connectivity index (χ0n) is 6.80. The van der Waals surface area contributed by atoms with Gasteiger partial charge < -0.3 is 16.6 Å². The second-order valence-corrected chi connectivity index (χ2v) is 2.63. The molecule has 0 unspecified atom stereocenters. The molecule has 72 valence electrons. The van der Waals surface area contributed by atoms with Crippen LogP contribution in [0, 0.1) is 11.6 Å². The Bertz CT molecular complexity index is 317. The van der Waals surface area contributed by atoms with Crippen molar-refractivity contribution >= 4 is 0 Å². The normalized spacial score (nSPS) is 12.9. The fourth-order valence-corrected chi connectivity index (χ4v) is 1.03. The Balaban J connectivity index is 3.25. The zero-order chi connectivity index (χ0) is 10.0. The Morgan fingerprint density at radius 2 is 1.85 bits per heavy atom. The van der Waals surface area contributed by atoms with E-state index >= 15 is 0 Å². The molecular weight excluding hydrogens is 178 g/mol. The molecular formula is C8H10F2N2O. The molecule has 1 atom stereocenters. The van der Waals surface area contributed by atoms with Crippen LogP contribution < -0.4 is 11.5 Å². The van der Waals surface area contributed by atoms with E-state index in [9.17, 15) is 8.78 Å². The summed E-state index contributed by atoms with van der Waals surface area (Å²) in [6.07, 6.45) is 0. The van der Waals surface area contributed by atoms with Crippen molar-refractivity contribution in [2.24, 2.45) is 11.5 Å². The summed E-state index contributed by atoms with van der Waals surface area (Å²) >= 11 is 0. The molecule has 0 radical (unpaired) electrons. The quantitative estimate of drug-likeness (QED) is 0.637. The van der Waals surface area contributed by atoms with Gasteiger partial charge in [-0.05, 0) is 12.1 Å². The molecule has 3 nitrogen and oxygen atoms in total. The van der Waals surface area contributed by atoms with Gasteiger partial charge in [-0.1, -0.05) is 0 Å². The molecule has 0 aliphatic carbocycles. The largest absolute Gasteiger partial charge is 0.505 e. The van der Waals surface area contributed by atoms with E-state index in [-0.39, 0.29) is 12.1 Å². The standard InChI is InChI=1S/C8H10F2N2O/c9-4-1-2-5(10)8(13)7(4)6(12)3-11/h1-2,6,13H,3,11-12H2/t6-/m1/s1. The number of hydrogen-bond acceptors (Lipinski definition) is 3. The van der Waals surface area contributed by atoms with Crippen LogP contribution in [0.5, 0.6) is 5.75 Å². The Morgan fingerprint density at radius 3 is 2.38 bits per heavy atom. The third kappa shape index (κ3) is 1.76. The Kier molecular flexibility index (Phi) is 2.79. The van der Waals surface area contributed by atoms with Gasteiger partial charge in [-0.15, -0.1) is 0 Å². The van der Waals surface area contributed by atoms with Crippen LogP contribution in [0.3, 0.4) is 0 Å². The van der Waals surface area contributed by atoms with E-state index in [0.717, 1.165) is 12.1 Å². The smallest absolute Gasteiger partial charge is 0.165 e. The molecule has 1 aromatic rings. The first kappa shape index (κ1) is 9.88. The lowest BCUT2D eigenvalue weighted by Gasteiger charge is -2.12. The monoisotopic (exact) mass is 188 g/mol. The van der Waals surface area contributed by atoms with Crippen LogP contribution in [-0.2, 0) is 0 Å². The minimum atomic E-state index is -0.902. The number of benzene rings is 1. The van der Waals surface area contributed by atoms with E-state index in [1.54, 1.807) is 0 Å².